The fourth-order valence-electron chi connectivity index (χ4n) is 3.18. The molecule has 0 radical (unpaired) electrons. The van der Waals surface area contributed by atoms with E-state index >= 15 is 0 Å². The van der Waals surface area contributed by atoms with Gasteiger partial charge >= 0.3 is 0 Å². The second-order valence-corrected chi connectivity index (χ2v) is 7.50. The maximum absolute atomic E-state index is 13.1. The van der Waals surface area contributed by atoms with Gasteiger partial charge in [0.25, 0.3) is 11.8 Å². The van der Waals surface area contributed by atoms with Crippen molar-refractivity contribution in [2.75, 3.05) is 11.4 Å². The molecule has 1 aromatic heterocycles. The molecule has 0 N–H and O–H groups in total. The zero-order valence-electron chi connectivity index (χ0n) is 15.4. The first kappa shape index (κ1) is 19.9. The molecule has 0 atom stereocenters. The second kappa shape index (κ2) is 9.38. The smallest absolute Gasteiger partial charge is 0.264 e. The van der Waals surface area contributed by atoms with Crippen LogP contribution in [0.15, 0.2) is 24.3 Å². The first-order chi connectivity index (χ1) is 13.1. The maximum Gasteiger partial charge on any atom is 0.264 e. The lowest BCUT2D eigenvalue weighted by molar-refractivity contribution is 0.0986. The van der Waals surface area contributed by atoms with E-state index in [1.165, 1.54) is 38.2 Å². The molecule has 0 saturated carbocycles. The van der Waals surface area contributed by atoms with Gasteiger partial charge < -0.3 is 9.64 Å². The summed E-state index contributed by atoms with van der Waals surface area (Å²) in [5, 5.41) is 8.43. The number of carbonyl (C=O) groups is 1. The van der Waals surface area contributed by atoms with E-state index in [1.807, 2.05) is 0 Å². The Balaban J connectivity index is 1.78. The van der Waals surface area contributed by atoms with E-state index in [-0.39, 0.29) is 16.9 Å². The first-order valence-electron chi connectivity index (χ1n) is 9.42. The minimum Gasteiger partial charge on any atom is -0.435 e. The van der Waals surface area contributed by atoms with Gasteiger partial charge in [-0.3, -0.25) is 4.79 Å². The fourth-order valence-corrected chi connectivity index (χ4v) is 3.49. The van der Waals surface area contributed by atoms with Crippen LogP contribution in [0.3, 0.4) is 0 Å². The fraction of sp³-hybridized carbons (Fsp3) is 0.450. The van der Waals surface area contributed by atoms with Gasteiger partial charge in [0.1, 0.15) is 5.56 Å². The van der Waals surface area contributed by atoms with Gasteiger partial charge in [0.2, 0.25) is 0 Å². The number of carbonyl (C=O) groups excluding carboxylic acids is 1. The monoisotopic (exact) mass is 407 g/mol. The summed E-state index contributed by atoms with van der Waals surface area (Å²) in [6.07, 6.45) is 8.20. The van der Waals surface area contributed by atoms with Crippen LogP contribution in [0.2, 0.25) is 10.2 Å². The van der Waals surface area contributed by atoms with Crippen LogP contribution in [-0.4, -0.2) is 22.6 Å². The zero-order valence-corrected chi connectivity index (χ0v) is 16.9. The molecule has 0 fully saturated rings. The molecule has 0 aliphatic carbocycles. The van der Waals surface area contributed by atoms with Crippen molar-refractivity contribution < 1.29 is 9.53 Å². The van der Waals surface area contributed by atoms with E-state index in [0.29, 0.717) is 28.6 Å². The van der Waals surface area contributed by atoms with Gasteiger partial charge in [0, 0.05) is 11.6 Å². The molecule has 7 heteroatoms. The Bertz CT molecular complexity index is 814. The summed E-state index contributed by atoms with van der Waals surface area (Å²) in [5.74, 6) is 0.495. The molecule has 1 aliphatic heterocycles. The molecule has 1 aliphatic rings. The lowest BCUT2D eigenvalue weighted by atomic mass is 10.1. The lowest BCUT2D eigenvalue weighted by Gasteiger charge is -2.22. The molecular weight excluding hydrogens is 385 g/mol. The third-order valence-electron chi connectivity index (χ3n) is 4.61. The van der Waals surface area contributed by atoms with Crippen LogP contribution in [0, 0.1) is 0 Å². The zero-order chi connectivity index (χ0) is 19.2. The SMILES string of the molecule is CCCCCCCCCN1C(=O)c2cc(Cl)nnc2Oc2ccc(Cl)cc21. The Morgan fingerprint density at radius 1 is 1.00 bits per heavy atom. The minimum atomic E-state index is -0.200. The maximum atomic E-state index is 13.1. The van der Waals surface area contributed by atoms with Crippen LogP contribution in [0.25, 0.3) is 0 Å². The summed E-state index contributed by atoms with van der Waals surface area (Å²) in [6, 6.07) is 6.72. The third-order valence-corrected chi connectivity index (χ3v) is 5.03. The Kier molecular flexibility index (Phi) is 6.91. The number of nitrogens with zero attached hydrogens (tertiary/aromatic N) is 3. The van der Waals surface area contributed by atoms with Crippen molar-refractivity contribution in [3.8, 4) is 11.6 Å². The molecule has 0 unspecified atom stereocenters. The Labute approximate surface area is 169 Å². The number of hydrogen-bond acceptors (Lipinski definition) is 4. The first-order valence-corrected chi connectivity index (χ1v) is 10.2. The van der Waals surface area contributed by atoms with Crippen LogP contribution in [0.5, 0.6) is 11.6 Å². The van der Waals surface area contributed by atoms with Crippen molar-refractivity contribution in [2.45, 2.75) is 51.9 Å². The third kappa shape index (κ3) is 4.90. The highest BCUT2D eigenvalue weighted by molar-refractivity contribution is 6.31. The topological polar surface area (TPSA) is 55.3 Å². The standard InChI is InChI=1S/C20H23Cl2N3O2/c1-2-3-4-5-6-7-8-11-25-16-12-14(21)9-10-17(16)27-19-15(20(25)26)13-18(22)23-24-19/h9-10,12-13H,2-8,11H2,1H3. The highest BCUT2D eigenvalue weighted by Crippen LogP contribution is 2.39. The number of ether oxygens (including phenoxy) is 1. The lowest BCUT2D eigenvalue weighted by Crippen LogP contribution is -2.31. The number of benzene rings is 1. The van der Waals surface area contributed by atoms with Crippen LogP contribution < -0.4 is 9.64 Å². The number of rotatable bonds is 8. The predicted octanol–water partition coefficient (Wildman–Crippen LogP) is 6.29. The number of hydrogen-bond donors (Lipinski definition) is 0. The van der Waals surface area contributed by atoms with E-state index in [2.05, 4.69) is 17.1 Å². The summed E-state index contributed by atoms with van der Waals surface area (Å²) >= 11 is 12.1. The molecule has 144 valence electrons. The average molecular weight is 408 g/mol. The van der Waals surface area contributed by atoms with Crippen LogP contribution in [0.1, 0.15) is 62.2 Å². The van der Waals surface area contributed by atoms with Crippen LogP contribution in [0.4, 0.5) is 5.69 Å². The van der Waals surface area contributed by atoms with Gasteiger partial charge in [-0.2, -0.15) is 0 Å². The van der Waals surface area contributed by atoms with Crippen molar-refractivity contribution in [3.63, 3.8) is 0 Å². The Hall–Kier alpha value is -1.85. The number of unbranched alkanes of at least 4 members (excludes halogenated alkanes) is 6. The van der Waals surface area contributed by atoms with Crippen molar-refractivity contribution in [1.29, 1.82) is 0 Å². The Morgan fingerprint density at radius 3 is 2.52 bits per heavy atom. The number of aromatic nitrogens is 2. The summed E-state index contributed by atoms with van der Waals surface area (Å²) < 4.78 is 5.83. The molecule has 2 heterocycles. The van der Waals surface area contributed by atoms with Crippen molar-refractivity contribution in [2.24, 2.45) is 0 Å². The highest BCUT2D eigenvalue weighted by Gasteiger charge is 2.29. The molecule has 1 amide bonds. The van der Waals surface area contributed by atoms with Gasteiger partial charge in [-0.05, 0) is 30.7 Å². The summed E-state index contributed by atoms with van der Waals surface area (Å²) in [5.41, 5.74) is 0.956. The van der Waals surface area contributed by atoms with Gasteiger partial charge in [0.15, 0.2) is 10.9 Å². The highest BCUT2D eigenvalue weighted by atomic mass is 35.5. The van der Waals surface area contributed by atoms with Gasteiger partial charge in [0.05, 0.1) is 5.69 Å². The van der Waals surface area contributed by atoms with E-state index in [1.54, 1.807) is 23.1 Å². The molecular formula is C20H23Cl2N3O2. The van der Waals surface area contributed by atoms with Gasteiger partial charge in [-0.1, -0.05) is 68.7 Å². The number of fused-ring (bicyclic) bond motifs is 2. The van der Waals surface area contributed by atoms with Crippen LogP contribution >= 0.6 is 23.2 Å². The molecule has 3 rings (SSSR count). The van der Waals surface area contributed by atoms with Crippen molar-refractivity contribution >= 4 is 34.8 Å². The van der Waals surface area contributed by atoms with Gasteiger partial charge in [-0.25, -0.2) is 0 Å². The van der Waals surface area contributed by atoms with E-state index in [0.717, 1.165) is 12.8 Å². The van der Waals surface area contributed by atoms with Gasteiger partial charge in [-0.15, -0.1) is 10.2 Å². The molecule has 5 nitrogen and oxygen atoms in total. The van der Waals surface area contributed by atoms with E-state index in [9.17, 15) is 4.79 Å². The quantitative estimate of drug-likeness (QED) is 0.482. The normalized spacial score (nSPS) is 13.0. The number of amides is 1. The number of halogens is 2. The number of anilines is 1. The van der Waals surface area contributed by atoms with Crippen molar-refractivity contribution in [1.82, 2.24) is 10.2 Å². The average Bonchev–Trinajstić information content (AvgIpc) is 2.76. The van der Waals surface area contributed by atoms with Crippen LogP contribution in [-0.2, 0) is 0 Å². The molecule has 0 spiro atoms. The van der Waals surface area contributed by atoms with E-state index < -0.39 is 0 Å². The Morgan fingerprint density at radius 2 is 1.74 bits per heavy atom. The minimum absolute atomic E-state index is 0.158. The molecule has 1 aromatic carbocycles. The largest absolute Gasteiger partial charge is 0.435 e. The molecule has 0 saturated heterocycles. The summed E-state index contributed by atoms with van der Waals surface area (Å²) in [7, 11) is 0. The second-order valence-electron chi connectivity index (χ2n) is 6.68. The van der Waals surface area contributed by atoms with E-state index in [4.69, 9.17) is 27.9 Å². The summed E-state index contributed by atoms with van der Waals surface area (Å²) in [6.45, 7) is 2.80. The van der Waals surface area contributed by atoms with Crippen molar-refractivity contribution in [3.05, 3.63) is 40.0 Å². The molecule has 2 aromatic rings. The predicted molar refractivity (Wildman–Crippen MR) is 108 cm³/mol. The summed E-state index contributed by atoms with van der Waals surface area (Å²) in [4.78, 5) is 14.8. The molecule has 27 heavy (non-hydrogen) atoms. The molecule has 0 bridgehead atoms.